The summed E-state index contributed by atoms with van der Waals surface area (Å²) in [5.41, 5.74) is -0.409. The van der Waals surface area contributed by atoms with Crippen LogP contribution in [0.1, 0.15) is 18.9 Å². The molecule has 0 aliphatic carbocycles. The molecule has 2 rings (SSSR count). The zero-order valence-corrected chi connectivity index (χ0v) is 10.3. The monoisotopic (exact) mass is 255 g/mol. The fraction of sp³-hybridized carbons (Fsp3) is 0.538. The Bertz CT molecular complexity index is 427. The van der Waals surface area contributed by atoms with Crippen LogP contribution in [0, 0.1) is 5.82 Å². The van der Waals surface area contributed by atoms with Gasteiger partial charge in [-0.05, 0) is 25.1 Å². The number of ether oxygens (including phenoxy) is 1. The summed E-state index contributed by atoms with van der Waals surface area (Å²) in [6.07, 6.45) is 0.363. The standard InChI is InChI=1S/C13H18FNO3/c1-9-13(17,4-5-18-9)8-15-7-10-6-11(14)2-3-12(10)16/h2-3,6,9,15-17H,4-5,7-8H2,1H3. The van der Waals surface area contributed by atoms with Crippen molar-refractivity contribution in [1.82, 2.24) is 5.32 Å². The average molecular weight is 255 g/mol. The van der Waals surface area contributed by atoms with Gasteiger partial charge < -0.3 is 20.3 Å². The number of phenols is 1. The summed E-state index contributed by atoms with van der Waals surface area (Å²) in [7, 11) is 0. The van der Waals surface area contributed by atoms with Crippen LogP contribution in [0.25, 0.3) is 0 Å². The maximum atomic E-state index is 13.0. The molecule has 0 amide bonds. The van der Waals surface area contributed by atoms with Gasteiger partial charge in [-0.15, -0.1) is 0 Å². The first-order valence-electron chi connectivity index (χ1n) is 6.03. The highest BCUT2D eigenvalue weighted by atomic mass is 19.1. The Morgan fingerprint density at radius 1 is 1.56 bits per heavy atom. The third-order valence-corrected chi connectivity index (χ3v) is 3.45. The van der Waals surface area contributed by atoms with Crippen LogP contribution < -0.4 is 5.32 Å². The smallest absolute Gasteiger partial charge is 0.123 e. The second-order valence-electron chi connectivity index (χ2n) is 4.74. The molecule has 0 radical (unpaired) electrons. The number of benzene rings is 1. The van der Waals surface area contributed by atoms with Crippen molar-refractivity contribution in [2.24, 2.45) is 0 Å². The van der Waals surface area contributed by atoms with Gasteiger partial charge in [-0.1, -0.05) is 0 Å². The topological polar surface area (TPSA) is 61.7 Å². The van der Waals surface area contributed by atoms with E-state index in [0.717, 1.165) is 0 Å². The molecule has 0 bridgehead atoms. The van der Waals surface area contributed by atoms with Crippen molar-refractivity contribution in [2.45, 2.75) is 31.6 Å². The van der Waals surface area contributed by atoms with E-state index >= 15 is 0 Å². The first-order chi connectivity index (χ1) is 8.51. The molecular weight excluding hydrogens is 237 g/mol. The molecule has 3 N–H and O–H groups in total. The fourth-order valence-corrected chi connectivity index (χ4v) is 2.11. The minimum Gasteiger partial charge on any atom is -0.508 e. The van der Waals surface area contributed by atoms with E-state index in [2.05, 4.69) is 5.32 Å². The molecule has 4 nitrogen and oxygen atoms in total. The zero-order chi connectivity index (χ0) is 13.2. The second-order valence-corrected chi connectivity index (χ2v) is 4.74. The van der Waals surface area contributed by atoms with Gasteiger partial charge in [0, 0.05) is 31.7 Å². The highest BCUT2D eigenvalue weighted by Crippen LogP contribution is 2.25. The molecule has 1 fully saturated rings. The van der Waals surface area contributed by atoms with E-state index in [9.17, 15) is 14.6 Å². The maximum Gasteiger partial charge on any atom is 0.123 e. The summed E-state index contributed by atoms with van der Waals surface area (Å²) < 4.78 is 18.3. The van der Waals surface area contributed by atoms with Gasteiger partial charge in [0.2, 0.25) is 0 Å². The van der Waals surface area contributed by atoms with Gasteiger partial charge in [-0.3, -0.25) is 0 Å². The molecule has 18 heavy (non-hydrogen) atoms. The summed E-state index contributed by atoms with van der Waals surface area (Å²) in [6.45, 7) is 3.03. The summed E-state index contributed by atoms with van der Waals surface area (Å²) >= 11 is 0. The summed E-state index contributed by atoms with van der Waals surface area (Å²) in [5, 5.41) is 22.8. The Kier molecular flexibility index (Phi) is 3.85. The molecule has 1 heterocycles. The van der Waals surface area contributed by atoms with Gasteiger partial charge in [-0.25, -0.2) is 4.39 Å². The van der Waals surface area contributed by atoms with E-state index in [0.29, 0.717) is 31.7 Å². The van der Waals surface area contributed by atoms with E-state index < -0.39 is 5.60 Å². The van der Waals surface area contributed by atoms with E-state index in [4.69, 9.17) is 4.74 Å². The highest BCUT2D eigenvalue weighted by Gasteiger charge is 2.38. The molecule has 1 aromatic rings. The van der Waals surface area contributed by atoms with Gasteiger partial charge in [0.05, 0.1) is 6.10 Å². The Hall–Kier alpha value is -1.17. The first kappa shape index (κ1) is 13.3. The molecule has 1 aromatic carbocycles. The SMILES string of the molecule is CC1OCCC1(O)CNCc1cc(F)ccc1O. The lowest BCUT2D eigenvalue weighted by Gasteiger charge is -2.26. The van der Waals surface area contributed by atoms with Crippen LogP contribution in [0.4, 0.5) is 4.39 Å². The molecular formula is C13H18FNO3. The van der Waals surface area contributed by atoms with Crippen LogP contribution in [0.3, 0.4) is 0 Å². The van der Waals surface area contributed by atoms with Crippen molar-refractivity contribution in [2.75, 3.05) is 13.2 Å². The van der Waals surface area contributed by atoms with E-state index in [1.165, 1.54) is 18.2 Å². The third-order valence-electron chi connectivity index (χ3n) is 3.45. The minimum absolute atomic E-state index is 0.0478. The fourth-order valence-electron chi connectivity index (χ4n) is 2.11. The lowest BCUT2D eigenvalue weighted by atomic mass is 9.96. The van der Waals surface area contributed by atoms with Crippen molar-refractivity contribution >= 4 is 0 Å². The Balaban J connectivity index is 1.90. The van der Waals surface area contributed by atoms with Crippen LogP contribution in [0.15, 0.2) is 18.2 Å². The number of rotatable bonds is 4. The third kappa shape index (κ3) is 2.80. The van der Waals surface area contributed by atoms with E-state index in [-0.39, 0.29) is 17.7 Å². The predicted molar refractivity (Wildman–Crippen MR) is 64.8 cm³/mol. The van der Waals surface area contributed by atoms with Gasteiger partial charge >= 0.3 is 0 Å². The molecule has 0 saturated carbocycles. The second kappa shape index (κ2) is 5.22. The molecule has 5 heteroatoms. The van der Waals surface area contributed by atoms with Crippen LogP contribution >= 0.6 is 0 Å². The molecule has 2 unspecified atom stereocenters. The van der Waals surface area contributed by atoms with Crippen LogP contribution in [-0.4, -0.2) is 35.1 Å². The quantitative estimate of drug-likeness (QED) is 0.755. The molecule has 100 valence electrons. The minimum atomic E-state index is -0.886. The van der Waals surface area contributed by atoms with E-state index in [1.54, 1.807) is 0 Å². The number of phenolic OH excluding ortho intramolecular Hbond substituents is 1. The van der Waals surface area contributed by atoms with Crippen LogP contribution in [0.5, 0.6) is 5.75 Å². The van der Waals surface area contributed by atoms with Crippen LogP contribution in [-0.2, 0) is 11.3 Å². The van der Waals surface area contributed by atoms with Crippen molar-refractivity contribution in [3.63, 3.8) is 0 Å². The summed E-state index contributed by atoms with van der Waals surface area (Å²) in [5.74, 6) is -0.340. The van der Waals surface area contributed by atoms with Crippen molar-refractivity contribution in [3.05, 3.63) is 29.6 Å². The molecule has 0 spiro atoms. The van der Waals surface area contributed by atoms with Gasteiger partial charge in [0.1, 0.15) is 17.2 Å². The number of hydrogen-bond donors (Lipinski definition) is 3. The molecule has 1 aliphatic rings. The number of nitrogens with one attached hydrogen (secondary N) is 1. The number of aromatic hydroxyl groups is 1. The molecule has 2 atom stereocenters. The van der Waals surface area contributed by atoms with E-state index in [1.807, 2.05) is 6.92 Å². The Morgan fingerprint density at radius 2 is 2.33 bits per heavy atom. The number of halogens is 1. The van der Waals surface area contributed by atoms with Crippen molar-refractivity contribution in [3.8, 4) is 5.75 Å². The Morgan fingerprint density at radius 3 is 3.00 bits per heavy atom. The predicted octanol–water partition coefficient (Wildman–Crippen LogP) is 1.16. The average Bonchev–Trinajstić information content (AvgIpc) is 2.64. The number of hydrogen-bond acceptors (Lipinski definition) is 4. The molecule has 0 aromatic heterocycles. The lowest BCUT2D eigenvalue weighted by Crippen LogP contribution is -2.45. The summed E-state index contributed by atoms with van der Waals surface area (Å²) in [4.78, 5) is 0. The largest absolute Gasteiger partial charge is 0.508 e. The van der Waals surface area contributed by atoms with Crippen molar-refractivity contribution < 1.29 is 19.3 Å². The van der Waals surface area contributed by atoms with Crippen molar-refractivity contribution in [1.29, 1.82) is 0 Å². The van der Waals surface area contributed by atoms with Gasteiger partial charge in [0.15, 0.2) is 0 Å². The van der Waals surface area contributed by atoms with Gasteiger partial charge in [-0.2, -0.15) is 0 Å². The normalized spacial score (nSPS) is 27.6. The first-order valence-corrected chi connectivity index (χ1v) is 6.03. The highest BCUT2D eigenvalue weighted by molar-refractivity contribution is 5.32. The Labute approximate surface area is 105 Å². The van der Waals surface area contributed by atoms with Gasteiger partial charge in [0.25, 0.3) is 0 Å². The summed E-state index contributed by atoms with van der Waals surface area (Å²) in [6, 6.07) is 3.81. The zero-order valence-electron chi connectivity index (χ0n) is 10.3. The molecule has 1 aliphatic heterocycles. The van der Waals surface area contributed by atoms with Crippen LogP contribution in [0.2, 0.25) is 0 Å². The molecule has 1 saturated heterocycles. The maximum absolute atomic E-state index is 13.0. The lowest BCUT2D eigenvalue weighted by molar-refractivity contribution is -0.0263. The number of aliphatic hydroxyl groups is 1.